The standard InChI is InChI=1S/C14H23NO/c1-11-5-3-7-14(12(11)2)15-9-8-13-6-4-10-16-13/h4,6,10-12,14-15H,3,5,7-9H2,1-2H3. The Kier molecular flexibility index (Phi) is 4.05. The van der Waals surface area contributed by atoms with Crippen LogP contribution in [0.2, 0.25) is 0 Å². The van der Waals surface area contributed by atoms with Gasteiger partial charge < -0.3 is 9.73 Å². The van der Waals surface area contributed by atoms with Crippen LogP contribution < -0.4 is 5.32 Å². The molecule has 1 fully saturated rings. The van der Waals surface area contributed by atoms with E-state index in [4.69, 9.17) is 4.42 Å². The molecule has 0 spiro atoms. The minimum absolute atomic E-state index is 0.707. The minimum Gasteiger partial charge on any atom is -0.469 e. The highest BCUT2D eigenvalue weighted by molar-refractivity contribution is 4.98. The van der Waals surface area contributed by atoms with Gasteiger partial charge in [-0.05, 0) is 30.4 Å². The molecule has 1 aliphatic carbocycles. The van der Waals surface area contributed by atoms with Crippen molar-refractivity contribution in [2.45, 2.75) is 45.6 Å². The second-order valence-corrected chi connectivity index (χ2v) is 5.16. The summed E-state index contributed by atoms with van der Waals surface area (Å²) in [5.41, 5.74) is 0. The molecule has 16 heavy (non-hydrogen) atoms. The number of furan rings is 1. The van der Waals surface area contributed by atoms with Crippen LogP contribution >= 0.6 is 0 Å². The lowest BCUT2D eigenvalue weighted by Crippen LogP contribution is -2.41. The molecule has 3 unspecified atom stereocenters. The van der Waals surface area contributed by atoms with Crippen molar-refractivity contribution in [1.82, 2.24) is 5.32 Å². The molecule has 1 N–H and O–H groups in total. The number of nitrogens with one attached hydrogen (secondary N) is 1. The summed E-state index contributed by atoms with van der Waals surface area (Å²) in [5, 5.41) is 3.68. The van der Waals surface area contributed by atoms with Crippen molar-refractivity contribution in [2.75, 3.05) is 6.54 Å². The highest BCUT2D eigenvalue weighted by Crippen LogP contribution is 2.29. The first-order chi connectivity index (χ1) is 7.77. The van der Waals surface area contributed by atoms with Gasteiger partial charge in [-0.25, -0.2) is 0 Å². The Morgan fingerprint density at radius 1 is 1.38 bits per heavy atom. The Morgan fingerprint density at radius 2 is 2.25 bits per heavy atom. The molecule has 2 rings (SSSR count). The van der Waals surface area contributed by atoms with Crippen LogP contribution in [0, 0.1) is 11.8 Å². The minimum atomic E-state index is 0.707. The predicted molar refractivity (Wildman–Crippen MR) is 66.4 cm³/mol. The molecule has 0 bridgehead atoms. The molecule has 0 radical (unpaired) electrons. The summed E-state index contributed by atoms with van der Waals surface area (Å²) in [6.07, 6.45) is 6.87. The quantitative estimate of drug-likeness (QED) is 0.844. The first-order valence-electron chi connectivity index (χ1n) is 6.53. The molecule has 0 aliphatic heterocycles. The smallest absolute Gasteiger partial charge is 0.105 e. The molecule has 1 heterocycles. The molecular weight excluding hydrogens is 198 g/mol. The van der Waals surface area contributed by atoms with Crippen LogP contribution in [0.3, 0.4) is 0 Å². The summed E-state index contributed by atoms with van der Waals surface area (Å²) < 4.78 is 5.33. The van der Waals surface area contributed by atoms with E-state index in [9.17, 15) is 0 Å². The monoisotopic (exact) mass is 221 g/mol. The van der Waals surface area contributed by atoms with Crippen molar-refractivity contribution in [2.24, 2.45) is 11.8 Å². The zero-order valence-corrected chi connectivity index (χ0v) is 10.4. The molecule has 2 nitrogen and oxygen atoms in total. The molecule has 1 aromatic rings. The van der Waals surface area contributed by atoms with Gasteiger partial charge in [-0.15, -0.1) is 0 Å². The highest BCUT2D eigenvalue weighted by Gasteiger charge is 2.26. The lowest BCUT2D eigenvalue weighted by molar-refractivity contribution is 0.207. The lowest BCUT2D eigenvalue weighted by atomic mass is 9.78. The maximum atomic E-state index is 5.33. The van der Waals surface area contributed by atoms with Crippen molar-refractivity contribution in [3.05, 3.63) is 24.2 Å². The van der Waals surface area contributed by atoms with Gasteiger partial charge in [0.1, 0.15) is 5.76 Å². The Hall–Kier alpha value is -0.760. The first kappa shape index (κ1) is 11.7. The van der Waals surface area contributed by atoms with Gasteiger partial charge in [0.15, 0.2) is 0 Å². The molecule has 0 amide bonds. The van der Waals surface area contributed by atoms with Gasteiger partial charge in [0.25, 0.3) is 0 Å². The van der Waals surface area contributed by atoms with Gasteiger partial charge in [0, 0.05) is 19.0 Å². The van der Waals surface area contributed by atoms with Crippen molar-refractivity contribution in [1.29, 1.82) is 0 Å². The fourth-order valence-electron chi connectivity index (χ4n) is 2.71. The Morgan fingerprint density at radius 3 is 3.00 bits per heavy atom. The van der Waals surface area contributed by atoms with Crippen molar-refractivity contribution >= 4 is 0 Å². The van der Waals surface area contributed by atoms with E-state index >= 15 is 0 Å². The molecule has 3 atom stereocenters. The highest BCUT2D eigenvalue weighted by atomic mass is 16.3. The van der Waals surface area contributed by atoms with Gasteiger partial charge in [0.05, 0.1) is 6.26 Å². The average Bonchev–Trinajstić information content (AvgIpc) is 2.77. The van der Waals surface area contributed by atoms with Gasteiger partial charge >= 0.3 is 0 Å². The van der Waals surface area contributed by atoms with E-state index in [1.54, 1.807) is 6.26 Å². The van der Waals surface area contributed by atoms with Crippen LogP contribution in [0.1, 0.15) is 38.9 Å². The molecular formula is C14H23NO. The van der Waals surface area contributed by atoms with Crippen LogP contribution in [0.25, 0.3) is 0 Å². The van der Waals surface area contributed by atoms with E-state index < -0.39 is 0 Å². The molecule has 0 aromatic carbocycles. The topological polar surface area (TPSA) is 25.2 Å². The van der Waals surface area contributed by atoms with Gasteiger partial charge in [0.2, 0.25) is 0 Å². The summed E-state index contributed by atoms with van der Waals surface area (Å²) in [5.74, 6) is 2.77. The normalized spacial score (nSPS) is 30.5. The summed E-state index contributed by atoms with van der Waals surface area (Å²) in [6.45, 7) is 5.80. The van der Waals surface area contributed by atoms with E-state index in [0.717, 1.165) is 30.6 Å². The third-order valence-corrected chi connectivity index (χ3v) is 4.06. The Bertz CT molecular complexity index is 294. The lowest BCUT2D eigenvalue weighted by Gasteiger charge is -2.34. The fraction of sp³-hybridized carbons (Fsp3) is 0.714. The van der Waals surface area contributed by atoms with E-state index in [2.05, 4.69) is 25.2 Å². The molecule has 1 aliphatic rings. The summed E-state index contributed by atoms with van der Waals surface area (Å²) in [4.78, 5) is 0. The first-order valence-corrected chi connectivity index (χ1v) is 6.53. The predicted octanol–water partition coefficient (Wildman–Crippen LogP) is 3.24. The number of hydrogen-bond acceptors (Lipinski definition) is 2. The van der Waals surface area contributed by atoms with Crippen molar-refractivity contribution in [3.8, 4) is 0 Å². The summed E-state index contributed by atoms with van der Waals surface area (Å²) in [7, 11) is 0. The molecule has 2 heteroatoms. The van der Waals surface area contributed by atoms with E-state index in [1.807, 2.05) is 6.07 Å². The van der Waals surface area contributed by atoms with Crippen LogP contribution in [0.15, 0.2) is 22.8 Å². The second-order valence-electron chi connectivity index (χ2n) is 5.16. The van der Waals surface area contributed by atoms with E-state index in [0.29, 0.717) is 6.04 Å². The molecule has 1 saturated carbocycles. The van der Waals surface area contributed by atoms with Crippen LogP contribution in [0.5, 0.6) is 0 Å². The summed E-state index contributed by atoms with van der Waals surface area (Å²) in [6, 6.07) is 4.72. The number of hydrogen-bond donors (Lipinski definition) is 1. The van der Waals surface area contributed by atoms with Crippen molar-refractivity contribution < 1.29 is 4.42 Å². The molecule has 0 saturated heterocycles. The molecule has 1 aromatic heterocycles. The van der Waals surface area contributed by atoms with Crippen molar-refractivity contribution in [3.63, 3.8) is 0 Å². The van der Waals surface area contributed by atoms with Crippen LogP contribution in [0.4, 0.5) is 0 Å². The fourth-order valence-corrected chi connectivity index (χ4v) is 2.71. The van der Waals surface area contributed by atoms with Gasteiger partial charge in [-0.3, -0.25) is 0 Å². The molecule has 90 valence electrons. The van der Waals surface area contributed by atoms with Gasteiger partial charge in [-0.2, -0.15) is 0 Å². The summed E-state index contributed by atoms with van der Waals surface area (Å²) >= 11 is 0. The SMILES string of the molecule is CC1CCCC(NCCc2ccco2)C1C. The Labute approximate surface area is 98.4 Å². The third kappa shape index (κ3) is 2.88. The van der Waals surface area contributed by atoms with Crippen LogP contribution in [-0.4, -0.2) is 12.6 Å². The average molecular weight is 221 g/mol. The van der Waals surface area contributed by atoms with Crippen LogP contribution in [-0.2, 0) is 6.42 Å². The second kappa shape index (κ2) is 5.53. The maximum Gasteiger partial charge on any atom is 0.105 e. The Balaban J connectivity index is 1.73. The van der Waals surface area contributed by atoms with Gasteiger partial charge in [-0.1, -0.05) is 26.7 Å². The van der Waals surface area contributed by atoms with E-state index in [-0.39, 0.29) is 0 Å². The largest absolute Gasteiger partial charge is 0.469 e. The zero-order valence-electron chi connectivity index (χ0n) is 10.4. The number of rotatable bonds is 4. The van der Waals surface area contributed by atoms with E-state index in [1.165, 1.54) is 19.3 Å². The third-order valence-electron chi connectivity index (χ3n) is 4.06. The maximum absolute atomic E-state index is 5.33. The zero-order chi connectivity index (χ0) is 11.4.